The molecule has 2 heterocycles. The normalized spacial score (nSPS) is 24.4. The average molecular weight is 367 g/mol. The fraction of sp³-hybridized carbons (Fsp3) is 0.556. The standard InChI is InChI=1S/C18H26N4O2.ClH/c1-11(2)19-18(24)22-16-6-4-3-5-15(16)17(23)21-14-9-12-7-8-13(10-14)20-12;/h3-6,11-14,20H,7-10H2,1-2H3,(H,21,23)(H2,19,22,24);1H. The van der Waals surface area contributed by atoms with E-state index in [9.17, 15) is 9.59 Å². The van der Waals surface area contributed by atoms with Crippen molar-refractivity contribution in [1.29, 1.82) is 0 Å². The summed E-state index contributed by atoms with van der Waals surface area (Å²) < 4.78 is 0. The van der Waals surface area contributed by atoms with E-state index in [1.807, 2.05) is 26.0 Å². The van der Waals surface area contributed by atoms with Gasteiger partial charge in [0.2, 0.25) is 0 Å². The van der Waals surface area contributed by atoms with Gasteiger partial charge in [0.15, 0.2) is 0 Å². The van der Waals surface area contributed by atoms with Crippen molar-refractivity contribution >= 4 is 30.0 Å². The van der Waals surface area contributed by atoms with Crippen LogP contribution in [0.4, 0.5) is 10.5 Å². The molecule has 1 aromatic carbocycles. The van der Waals surface area contributed by atoms with E-state index in [1.165, 1.54) is 12.8 Å². The largest absolute Gasteiger partial charge is 0.349 e. The summed E-state index contributed by atoms with van der Waals surface area (Å²) >= 11 is 0. The highest BCUT2D eigenvalue weighted by Crippen LogP contribution is 2.27. The lowest BCUT2D eigenvalue weighted by Gasteiger charge is -2.29. The van der Waals surface area contributed by atoms with Crippen molar-refractivity contribution in [3.63, 3.8) is 0 Å². The number of anilines is 1. The molecule has 2 atom stereocenters. The third-order valence-electron chi connectivity index (χ3n) is 4.65. The molecular weight excluding hydrogens is 340 g/mol. The van der Waals surface area contributed by atoms with Gasteiger partial charge in [-0.1, -0.05) is 12.1 Å². The van der Waals surface area contributed by atoms with Crippen LogP contribution in [0.1, 0.15) is 49.9 Å². The van der Waals surface area contributed by atoms with E-state index in [0.29, 0.717) is 23.3 Å². The molecule has 2 unspecified atom stereocenters. The van der Waals surface area contributed by atoms with Crippen molar-refractivity contribution in [2.45, 2.75) is 63.7 Å². The maximum absolute atomic E-state index is 12.7. The van der Waals surface area contributed by atoms with Crippen LogP contribution in [0.2, 0.25) is 0 Å². The monoisotopic (exact) mass is 366 g/mol. The summed E-state index contributed by atoms with van der Waals surface area (Å²) in [6.45, 7) is 3.78. The van der Waals surface area contributed by atoms with E-state index >= 15 is 0 Å². The lowest BCUT2D eigenvalue weighted by molar-refractivity contribution is 0.0925. The molecule has 0 aromatic heterocycles. The first-order valence-electron chi connectivity index (χ1n) is 8.74. The second-order valence-electron chi connectivity index (χ2n) is 7.08. The zero-order valence-corrected chi connectivity index (χ0v) is 15.5. The number of hydrogen-bond acceptors (Lipinski definition) is 3. The third kappa shape index (κ3) is 5.09. The zero-order chi connectivity index (χ0) is 17.1. The molecule has 4 N–H and O–H groups in total. The number of benzene rings is 1. The number of hydrogen-bond donors (Lipinski definition) is 4. The minimum Gasteiger partial charge on any atom is -0.349 e. The van der Waals surface area contributed by atoms with E-state index in [4.69, 9.17) is 0 Å². The number of urea groups is 1. The van der Waals surface area contributed by atoms with Gasteiger partial charge in [0.05, 0.1) is 11.3 Å². The lowest BCUT2D eigenvalue weighted by Crippen LogP contribution is -2.48. The van der Waals surface area contributed by atoms with Gasteiger partial charge < -0.3 is 21.3 Å². The van der Waals surface area contributed by atoms with E-state index in [-0.39, 0.29) is 36.4 Å². The summed E-state index contributed by atoms with van der Waals surface area (Å²) in [7, 11) is 0. The maximum Gasteiger partial charge on any atom is 0.319 e. The van der Waals surface area contributed by atoms with Crippen molar-refractivity contribution in [3.8, 4) is 0 Å². The van der Waals surface area contributed by atoms with Gasteiger partial charge in [0.25, 0.3) is 5.91 Å². The maximum atomic E-state index is 12.7. The van der Waals surface area contributed by atoms with Gasteiger partial charge >= 0.3 is 6.03 Å². The molecule has 3 rings (SSSR count). The number of nitrogens with one attached hydrogen (secondary N) is 4. The Kier molecular flexibility index (Phi) is 6.67. The van der Waals surface area contributed by atoms with E-state index in [1.54, 1.807) is 12.1 Å². The molecule has 6 nitrogen and oxygen atoms in total. The summed E-state index contributed by atoms with van der Waals surface area (Å²) in [5, 5.41) is 12.2. The van der Waals surface area contributed by atoms with Crippen molar-refractivity contribution in [3.05, 3.63) is 29.8 Å². The van der Waals surface area contributed by atoms with Crippen LogP contribution in [0.15, 0.2) is 24.3 Å². The van der Waals surface area contributed by atoms with Crippen LogP contribution in [0.3, 0.4) is 0 Å². The van der Waals surface area contributed by atoms with Gasteiger partial charge in [-0.15, -0.1) is 12.4 Å². The molecule has 0 aliphatic carbocycles. The minimum atomic E-state index is -0.301. The highest BCUT2D eigenvalue weighted by atomic mass is 35.5. The van der Waals surface area contributed by atoms with Crippen molar-refractivity contribution in [2.75, 3.05) is 5.32 Å². The SMILES string of the molecule is CC(C)NC(=O)Nc1ccccc1C(=O)NC1CC2CCC(C1)N2.Cl. The molecule has 0 saturated carbocycles. The van der Waals surface area contributed by atoms with Crippen LogP contribution < -0.4 is 21.3 Å². The fourth-order valence-corrected chi connectivity index (χ4v) is 3.65. The highest BCUT2D eigenvalue weighted by Gasteiger charge is 2.34. The van der Waals surface area contributed by atoms with Gasteiger partial charge in [-0.2, -0.15) is 0 Å². The summed E-state index contributed by atoms with van der Waals surface area (Å²) in [4.78, 5) is 24.6. The van der Waals surface area contributed by atoms with Crippen molar-refractivity contribution < 1.29 is 9.59 Å². The second kappa shape index (κ2) is 8.54. The summed E-state index contributed by atoms with van der Waals surface area (Å²) in [5.41, 5.74) is 1.03. The molecule has 0 radical (unpaired) electrons. The minimum absolute atomic E-state index is 0. The predicted molar refractivity (Wildman–Crippen MR) is 101 cm³/mol. The molecule has 0 spiro atoms. The smallest absolute Gasteiger partial charge is 0.319 e. The predicted octanol–water partition coefficient (Wildman–Crippen LogP) is 2.65. The van der Waals surface area contributed by atoms with Gasteiger partial charge in [0, 0.05) is 24.2 Å². The quantitative estimate of drug-likeness (QED) is 0.661. The Morgan fingerprint density at radius 2 is 1.76 bits per heavy atom. The van der Waals surface area contributed by atoms with Gasteiger partial charge in [0.1, 0.15) is 0 Å². The lowest BCUT2D eigenvalue weighted by atomic mass is 9.99. The number of para-hydroxylation sites is 1. The van der Waals surface area contributed by atoms with Crippen LogP contribution in [0, 0.1) is 0 Å². The van der Waals surface area contributed by atoms with Crippen LogP contribution in [-0.4, -0.2) is 36.1 Å². The number of carbonyl (C=O) groups excluding carboxylic acids is 2. The third-order valence-corrected chi connectivity index (χ3v) is 4.65. The molecule has 3 amide bonds. The van der Waals surface area contributed by atoms with E-state index in [0.717, 1.165) is 12.8 Å². The van der Waals surface area contributed by atoms with Gasteiger partial charge in [-0.05, 0) is 51.7 Å². The number of fused-ring (bicyclic) bond motifs is 2. The fourth-order valence-electron chi connectivity index (χ4n) is 3.65. The molecular formula is C18H27ClN4O2. The first-order valence-corrected chi connectivity index (χ1v) is 8.74. The molecule has 1 aromatic rings. The second-order valence-corrected chi connectivity index (χ2v) is 7.08. The number of halogens is 1. The van der Waals surface area contributed by atoms with Crippen LogP contribution in [0.5, 0.6) is 0 Å². The molecule has 2 aliphatic heterocycles. The molecule has 2 fully saturated rings. The average Bonchev–Trinajstić information content (AvgIpc) is 2.85. The van der Waals surface area contributed by atoms with Crippen molar-refractivity contribution in [2.24, 2.45) is 0 Å². The van der Waals surface area contributed by atoms with Gasteiger partial charge in [-0.3, -0.25) is 4.79 Å². The molecule has 138 valence electrons. The number of carbonyl (C=O) groups is 2. The first-order chi connectivity index (χ1) is 11.5. The molecule has 2 bridgehead atoms. The summed E-state index contributed by atoms with van der Waals surface area (Å²) in [6, 6.07) is 8.12. The van der Waals surface area contributed by atoms with Gasteiger partial charge in [-0.25, -0.2) is 4.79 Å². The molecule has 25 heavy (non-hydrogen) atoms. The van der Waals surface area contributed by atoms with Crippen LogP contribution in [-0.2, 0) is 0 Å². The zero-order valence-electron chi connectivity index (χ0n) is 14.7. The van der Waals surface area contributed by atoms with Crippen LogP contribution >= 0.6 is 12.4 Å². The molecule has 2 aliphatic rings. The Balaban J connectivity index is 0.00000225. The number of piperidine rings is 1. The van der Waals surface area contributed by atoms with Crippen molar-refractivity contribution in [1.82, 2.24) is 16.0 Å². The van der Waals surface area contributed by atoms with E-state index < -0.39 is 0 Å². The molecule has 2 saturated heterocycles. The number of rotatable bonds is 4. The highest BCUT2D eigenvalue weighted by molar-refractivity contribution is 6.03. The Morgan fingerprint density at radius 1 is 1.12 bits per heavy atom. The first kappa shape index (κ1) is 19.5. The summed E-state index contributed by atoms with van der Waals surface area (Å²) in [6.07, 6.45) is 4.35. The van der Waals surface area contributed by atoms with E-state index in [2.05, 4.69) is 21.3 Å². The Labute approximate surface area is 154 Å². The Morgan fingerprint density at radius 3 is 2.40 bits per heavy atom. The summed E-state index contributed by atoms with van der Waals surface area (Å²) in [5.74, 6) is -0.123. The Bertz CT molecular complexity index is 611. The molecule has 7 heteroatoms. The Hall–Kier alpha value is -1.79. The number of amides is 3. The van der Waals surface area contributed by atoms with Crippen LogP contribution in [0.25, 0.3) is 0 Å². The topological polar surface area (TPSA) is 82.3 Å².